The number of likely N-dealkylation sites (N-methyl/N-ethyl adjacent to an activating group) is 1. The summed E-state index contributed by atoms with van der Waals surface area (Å²) in [7, 11) is 2.08. The van der Waals surface area contributed by atoms with Crippen molar-refractivity contribution >= 4 is 5.97 Å². The lowest BCUT2D eigenvalue weighted by atomic mass is 10.3. The first kappa shape index (κ1) is 13.7. The number of hydrogen-bond donors (Lipinski definition) is 1. The minimum atomic E-state index is -1.12. The van der Waals surface area contributed by atoms with Gasteiger partial charge in [0.05, 0.1) is 6.54 Å². The van der Waals surface area contributed by atoms with E-state index in [9.17, 15) is 9.59 Å². The van der Waals surface area contributed by atoms with E-state index in [0.717, 1.165) is 26.2 Å². The van der Waals surface area contributed by atoms with Gasteiger partial charge in [0.15, 0.2) is 5.69 Å². The monoisotopic (exact) mass is 266 g/mol. The van der Waals surface area contributed by atoms with E-state index >= 15 is 0 Å². The quantitative estimate of drug-likeness (QED) is 0.768. The molecule has 1 aromatic rings. The van der Waals surface area contributed by atoms with E-state index in [1.165, 1.54) is 16.8 Å². The van der Waals surface area contributed by atoms with Crippen molar-refractivity contribution in [3.05, 3.63) is 28.2 Å². The zero-order chi connectivity index (χ0) is 13.8. The van der Waals surface area contributed by atoms with E-state index in [2.05, 4.69) is 21.9 Å². The van der Waals surface area contributed by atoms with Crippen molar-refractivity contribution in [1.29, 1.82) is 0 Å². The van der Waals surface area contributed by atoms with Gasteiger partial charge < -0.3 is 10.0 Å². The number of nitrogens with zero attached hydrogens (tertiary/aromatic N) is 4. The number of piperazine rings is 1. The molecule has 7 heteroatoms. The highest BCUT2D eigenvalue weighted by Gasteiger charge is 2.14. The van der Waals surface area contributed by atoms with Gasteiger partial charge in [-0.3, -0.25) is 9.69 Å². The van der Waals surface area contributed by atoms with Gasteiger partial charge in [-0.2, -0.15) is 5.10 Å². The zero-order valence-electron chi connectivity index (χ0n) is 10.9. The number of carbonyl (C=O) groups is 1. The van der Waals surface area contributed by atoms with Crippen molar-refractivity contribution in [2.24, 2.45) is 0 Å². The Morgan fingerprint density at radius 2 is 1.95 bits per heavy atom. The maximum Gasteiger partial charge on any atom is 0.356 e. The SMILES string of the molecule is CN1CCN(CCn2nc(C(=O)O)ccc2=O)CC1. The minimum Gasteiger partial charge on any atom is -0.476 e. The van der Waals surface area contributed by atoms with Crippen LogP contribution < -0.4 is 5.56 Å². The van der Waals surface area contributed by atoms with Crippen LogP contribution >= 0.6 is 0 Å². The summed E-state index contributed by atoms with van der Waals surface area (Å²) in [6.45, 7) is 5.08. The van der Waals surface area contributed by atoms with Crippen molar-refractivity contribution < 1.29 is 9.90 Å². The van der Waals surface area contributed by atoms with E-state index in [0.29, 0.717) is 13.1 Å². The van der Waals surface area contributed by atoms with Crippen molar-refractivity contribution in [2.45, 2.75) is 6.54 Å². The number of aromatic nitrogens is 2. The molecule has 1 saturated heterocycles. The molecule has 2 rings (SSSR count). The lowest BCUT2D eigenvalue weighted by Crippen LogP contribution is -2.46. The Labute approximate surface area is 111 Å². The molecule has 0 unspecified atom stereocenters. The molecule has 0 aliphatic carbocycles. The standard InChI is InChI=1S/C12H18N4O3/c1-14-4-6-15(7-5-14)8-9-16-11(17)3-2-10(13-16)12(18)19/h2-3H,4-9H2,1H3,(H,18,19). The fourth-order valence-corrected chi connectivity index (χ4v) is 2.03. The second-order valence-corrected chi connectivity index (χ2v) is 4.73. The Bertz CT molecular complexity index is 506. The third-order valence-electron chi connectivity index (χ3n) is 3.31. The fourth-order valence-electron chi connectivity index (χ4n) is 2.03. The summed E-state index contributed by atoms with van der Waals surface area (Å²) in [4.78, 5) is 26.9. The molecule has 2 heterocycles. The van der Waals surface area contributed by atoms with Gasteiger partial charge in [-0.15, -0.1) is 0 Å². The van der Waals surface area contributed by atoms with Crippen LogP contribution in [0.15, 0.2) is 16.9 Å². The van der Waals surface area contributed by atoms with Crippen LogP contribution in [0.3, 0.4) is 0 Å². The van der Waals surface area contributed by atoms with E-state index in [4.69, 9.17) is 5.11 Å². The van der Waals surface area contributed by atoms with Crippen LogP contribution in [-0.4, -0.2) is 70.4 Å². The number of rotatable bonds is 4. The topological polar surface area (TPSA) is 78.7 Å². The maximum atomic E-state index is 11.6. The van der Waals surface area contributed by atoms with Crippen LogP contribution in [0.2, 0.25) is 0 Å². The largest absolute Gasteiger partial charge is 0.476 e. The highest BCUT2D eigenvalue weighted by Crippen LogP contribution is 1.99. The van der Waals surface area contributed by atoms with Gasteiger partial charge in [-0.1, -0.05) is 0 Å². The molecular weight excluding hydrogens is 248 g/mol. The van der Waals surface area contributed by atoms with Crippen molar-refractivity contribution in [3.63, 3.8) is 0 Å². The fraction of sp³-hybridized carbons (Fsp3) is 0.583. The summed E-state index contributed by atoms with van der Waals surface area (Å²) >= 11 is 0. The minimum absolute atomic E-state index is 0.0991. The van der Waals surface area contributed by atoms with E-state index in [-0.39, 0.29) is 11.3 Å². The average molecular weight is 266 g/mol. The zero-order valence-corrected chi connectivity index (χ0v) is 10.9. The molecule has 1 N–H and O–H groups in total. The Kier molecular flexibility index (Phi) is 4.28. The Balaban J connectivity index is 1.97. The Morgan fingerprint density at radius 3 is 2.58 bits per heavy atom. The average Bonchev–Trinajstić information content (AvgIpc) is 2.39. The first-order valence-corrected chi connectivity index (χ1v) is 6.28. The molecule has 104 valence electrons. The van der Waals surface area contributed by atoms with Gasteiger partial charge in [-0.05, 0) is 13.1 Å². The molecular formula is C12H18N4O3. The Morgan fingerprint density at radius 1 is 1.26 bits per heavy atom. The number of carboxylic acid groups (broad SMARTS) is 1. The molecule has 1 aromatic heterocycles. The first-order chi connectivity index (χ1) is 9.06. The lowest BCUT2D eigenvalue weighted by Gasteiger charge is -2.32. The molecule has 0 spiro atoms. The predicted molar refractivity (Wildman–Crippen MR) is 69.4 cm³/mol. The number of carboxylic acids is 1. The molecule has 1 aliphatic rings. The van der Waals surface area contributed by atoms with Gasteiger partial charge in [0.25, 0.3) is 5.56 Å². The molecule has 0 saturated carbocycles. The molecule has 0 atom stereocenters. The second-order valence-electron chi connectivity index (χ2n) is 4.73. The van der Waals surface area contributed by atoms with Gasteiger partial charge in [0.2, 0.25) is 0 Å². The summed E-state index contributed by atoms with van der Waals surface area (Å²) in [5.41, 5.74) is -0.364. The third kappa shape index (κ3) is 3.62. The van der Waals surface area contributed by atoms with Crippen LogP contribution in [0.1, 0.15) is 10.5 Å². The van der Waals surface area contributed by atoms with Gasteiger partial charge in [0, 0.05) is 38.8 Å². The number of hydrogen-bond acceptors (Lipinski definition) is 5. The van der Waals surface area contributed by atoms with Gasteiger partial charge in [0.1, 0.15) is 0 Å². The molecule has 0 amide bonds. The summed E-state index contributed by atoms with van der Waals surface area (Å²) in [5.74, 6) is -1.12. The molecule has 0 bridgehead atoms. The summed E-state index contributed by atoms with van der Waals surface area (Å²) in [6, 6.07) is 2.48. The highest BCUT2D eigenvalue weighted by atomic mass is 16.4. The summed E-state index contributed by atoms with van der Waals surface area (Å²) < 4.78 is 1.22. The van der Waals surface area contributed by atoms with Crippen LogP contribution in [0, 0.1) is 0 Å². The van der Waals surface area contributed by atoms with Crippen LogP contribution in [-0.2, 0) is 6.54 Å². The maximum absolute atomic E-state index is 11.6. The van der Waals surface area contributed by atoms with Crippen LogP contribution in [0.4, 0.5) is 0 Å². The van der Waals surface area contributed by atoms with Gasteiger partial charge in [-0.25, -0.2) is 9.48 Å². The Hall–Kier alpha value is -1.73. The van der Waals surface area contributed by atoms with Crippen LogP contribution in [0.5, 0.6) is 0 Å². The van der Waals surface area contributed by atoms with E-state index < -0.39 is 5.97 Å². The molecule has 1 aliphatic heterocycles. The van der Waals surface area contributed by atoms with E-state index in [1.54, 1.807) is 0 Å². The lowest BCUT2D eigenvalue weighted by molar-refractivity contribution is 0.0686. The predicted octanol–water partition coefficient (Wildman–Crippen LogP) is -0.811. The molecule has 7 nitrogen and oxygen atoms in total. The normalized spacial score (nSPS) is 17.5. The summed E-state index contributed by atoms with van der Waals surface area (Å²) in [5, 5.41) is 12.7. The smallest absolute Gasteiger partial charge is 0.356 e. The van der Waals surface area contributed by atoms with Crippen molar-refractivity contribution in [1.82, 2.24) is 19.6 Å². The summed E-state index contributed by atoms with van der Waals surface area (Å²) in [6.07, 6.45) is 0. The van der Waals surface area contributed by atoms with Crippen molar-refractivity contribution in [3.8, 4) is 0 Å². The second kappa shape index (κ2) is 5.94. The van der Waals surface area contributed by atoms with E-state index in [1.807, 2.05) is 0 Å². The number of aromatic carboxylic acids is 1. The highest BCUT2D eigenvalue weighted by molar-refractivity contribution is 5.84. The van der Waals surface area contributed by atoms with Gasteiger partial charge >= 0.3 is 5.97 Å². The first-order valence-electron chi connectivity index (χ1n) is 6.28. The molecule has 1 fully saturated rings. The third-order valence-corrected chi connectivity index (χ3v) is 3.31. The molecule has 19 heavy (non-hydrogen) atoms. The van der Waals surface area contributed by atoms with Crippen LogP contribution in [0.25, 0.3) is 0 Å². The molecule has 0 radical (unpaired) electrons. The van der Waals surface area contributed by atoms with Crippen molar-refractivity contribution in [2.75, 3.05) is 39.8 Å². The molecule has 0 aromatic carbocycles.